The third-order valence-corrected chi connectivity index (χ3v) is 1.43. The molecule has 15 heavy (non-hydrogen) atoms. The van der Waals surface area contributed by atoms with Crippen molar-refractivity contribution in [3.63, 3.8) is 0 Å². The summed E-state index contributed by atoms with van der Waals surface area (Å²) >= 11 is 0. The van der Waals surface area contributed by atoms with Crippen molar-refractivity contribution in [1.82, 2.24) is 0 Å². The summed E-state index contributed by atoms with van der Waals surface area (Å²) in [5.41, 5.74) is 0. The van der Waals surface area contributed by atoms with Crippen molar-refractivity contribution in [3.05, 3.63) is 0 Å². The first-order chi connectivity index (χ1) is 7.27. The molecule has 0 spiro atoms. The lowest BCUT2D eigenvalue weighted by atomic mass is 10.5. The molecule has 0 amide bonds. The molecule has 0 aromatic rings. The molecule has 0 bridgehead atoms. The lowest BCUT2D eigenvalue weighted by Crippen LogP contribution is -2.11. The molecule has 0 fully saturated rings. The standard InChI is InChI=1S/C9H17O6/c10-2-4-14-6-8-15-7-5-13-3-1-9(11)12/h1-8H2,(H,11,12). The Balaban J connectivity index is 2.89. The minimum absolute atomic E-state index is 0.00656. The first-order valence-electron chi connectivity index (χ1n) is 4.80. The van der Waals surface area contributed by atoms with Gasteiger partial charge in [-0.3, -0.25) is 4.79 Å². The third kappa shape index (κ3) is 13.3. The van der Waals surface area contributed by atoms with E-state index in [2.05, 4.69) is 0 Å². The van der Waals surface area contributed by atoms with E-state index in [1.165, 1.54) is 0 Å². The van der Waals surface area contributed by atoms with E-state index in [1.807, 2.05) is 0 Å². The maximum Gasteiger partial charge on any atom is 0.305 e. The largest absolute Gasteiger partial charge is 0.481 e. The van der Waals surface area contributed by atoms with Crippen LogP contribution in [0.4, 0.5) is 0 Å². The maximum absolute atomic E-state index is 10.1. The second kappa shape index (κ2) is 11.4. The van der Waals surface area contributed by atoms with Gasteiger partial charge in [-0.25, -0.2) is 5.11 Å². The van der Waals surface area contributed by atoms with Crippen LogP contribution >= 0.6 is 0 Å². The minimum atomic E-state index is -0.873. The van der Waals surface area contributed by atoms with Gasteiger partial charge in [-0.1, -0.05) is 0 Å². The fourth-order valence-corrected chi connectivity index (χ4v) is 0.760. The number of hydrogen-bond acceptors (Lipinski definition) is 4. The highest BCUT2D eigenvalue weighted by atomic mass is 16.5. The van der Waals surface area contributed by atoms with E-state index in [4.69, 9.17) is 19.3 Å². The van der Waals surface area contributed by atoms with Gasteiger partial charge in [-0.2, -0.15) is 0 Å². The zero-order valence-electron chi connectivity index (χ0n) is 8.65. The fraction of sp³-hybridized carbons (Fsp3) is 0.889. The summed E-state index contributed by atoms with van der Waals surface area (Å²) in [6, 6.07) is 0. The fourth-order valence-electron chi connectivity index (χ4n) is 0.760. The molecular formula is C9H17O6. The molecule has 1 N–H and O–H groups in total. The van der Waals surface area contributed by atoms with E-state index in [0.717, 1.165) is 0 Å². The van der Waals surface area contributed by atoms with E-state index in [0.29, 0.717) is 26.4 Å². The van der Waals surface area contributed by atoms with Crippen LogP contribution in [0.25, 0.3) is 0 Å². The Morgan fingerprint density at radius 1 is 0.867 bits per heavy atom. The summed E-state index contributed by atoms with van der Waals surface area (Å²) in [4.78, 5) is 10.1. The molecule has 6 heteroatoms. The van der Waals surface area contributed by atoms with Crippen LogP contribution in [0.15, 0.2) is 0 Å². The Morgan fingerprint density at radius 2 is 1.33 bits per heavy atom. The topological polar surface area (TPSA) is 84.9 Å². The average Bonchev–Trinajstić information content (AvgIpc) is 2.20. The summed E-state index contributed by atoms with van der Waals surface area (Å²) in [6.07, 6.45) is 0.00656. The molecule has 0 aliphatic carbocycles. The molecule has 0 heterocycles. The van der Waals surface area contributed by atoms with Gasteiger partial charge in [0.2, 0.25) is 0 Å². The first kappa shape index (κ1) is 14.3. The zero-order valence-corrected chi connectivity index (χ0v) is 8.65. The number of hydrogen-bond donors (Lipinski definition) is 1. The zero-order chi connectivity index (χ0) is 11.4. The van der Waals surface area contributed by atoms with Crippen LogP contribution in [0.5, 0.6) is 0 Å². The summed E-state index contributed by atoms with van der Waals surface area (Å²) in [7, 11) is 0. The van der Waals surface area contributed by atoms with Crippen molar-refractivity contribution in [2.75, 3.05) is 46.2 Å². The van der Waals surface area contributed by atoms with E-state index in [1.54, 1.807) is 0 Å². The van der Waals surface area contributed by atoms with Crippen LogP contribution in [0, 0.1) is 0 Å². The highest BCUT2D eigenvalue weighted by molar-refractivity contribution is 5.66. The molecule has 0 aliphatic rings. The number of ether oxygens (including phenoxy) is 3. The van der Waals surface area contributed by atoms with Gasteiger partial charge in [0, 0.05) is 0 Å². The van der Waals surface area contributed by atoms with Crippen molar-refractivity contribution in [2.24, 2.45) is 0 Å². The molecule has 0 saturated carbocycles. The number of carboxylic acid groups (broad SMARTS) is 1. The van der Waals surface area contributed by atoms with Crippen LogP contribution in [-0.2, 0) is 24.1 Å². The average molecular weight is 221 g/mol. The summed E-state index contributed by atoms with van der Waals surface area (Å²) in [5, 5.41) is 18.2. The predicted molar refractivity (Wildman–Crippen MR) is 50.3 cm³/mol. The van der Waals surface area contributed by atoms with Gasteiger partial charge in [-0.15, -0.1) is 0 Å². The highest BCUT2D eigenvalue weighted by Gasteiger charge is 1.96. The molecule has 89 valence electrons. The van der Waals surface area contributed by atoms with Gasteiger partial charge in [0.15, 0.2) is 0 Å². The minimum Gasteiger partial charge on any atom is -0.481 e. The normalized spacial score (nSPS) is 10.5. The third-order valence-electron chi connectivity index (χ3n) is 1.43. The Hall–Kier alpha value is -0.690. The summed E-state index contributed by atoms with van der Waals surface area (Å²) in [6.45, 7) is 1.76. The molecule has 0 rings (SSSR count). The number of rotatable bonds is 11. The maximum atomic E-state index is 10.1. The summed E-state index contributed by atoms with van der Waals surface area (Å²) < 4.78 is 14.9. The van der Waals surface area contributed by atoms with Crippen LogP contribution in [0.2, 0.25) is 0 Å². The van der Waals surface area contributed by atoms with Gasteiger partial charge < -0.3 is 19.3 Å². The smallest absolute Gasteiger partial charge is 0.305 e. The molecule has 6 nitrogen and oxygen atoms in total. The molecule has 0 saturated heterocycles. The Morgan fingerprint density at radius 3 is 1.80 bits per heavy atom. The van der Waals surface area contributed by atoms with Gasteiger partial charge >= 0.3 is 5.97 Å². The Bertz CT molecular complexity index is 150. The lowest BCUT2D eigenvalue weighted by molar-refractivity contribution is -0.138. The second-order valence-electron chi connectivity index (χ2n) is 2.68. The van der Waals surface area contributed by atoms with Crippen LogP contribution < -0.4 is 0 Å². The highest BCUT2D eigenvalue weighted by Crippen LogP contribution is 1.84. The van der Waals surface area contributed by atoms with Gasteiger partial charge in [0.1, 0.15) is 6.61 Å². The van der Waals surface area contributed by atoms with Crippen molar-refractivity contribution >= 4 is 5.97 Å². The molecular weight excluding hydrogens is 204 g/mol. The van der Waals surface area contributed by atoms with Crippen LogP contribution in [-0.4, -0.2) is 57.3 Å². The molecule has 0 unspecified atom stereocenters. The summed E-state index contributed by atoms with van der Waals surface area (Å²) in [5.74, 6) is -0.873. The predicted octanol–water partition coefficient (Wildman–Crippen LogP) is -0.0586. The number of aliphatic carboxylic acids is 1. The van der Waals surface area contributed by atoms with E-state index < -0.39 is 5.97 Å². The number of carboxylic acids is 1. The second-order valence-corrected chi connectivity index (χ2v) is 2.68. The molecule has 0 atom stereocenters. The van der Waals surface area contributed by atoms with Gasteiger partial charge in [0.25, 0.3) is 0 Å². The van der Waals surface area contributed by atoms with Crippen LogP contribution in [0.1, 0.15) is 6.42 Å². The SMILES string of the molecule is [O]CCOCCOCCOCCC(=O)O. The van der Waals surface area contributed by atoms with E-state index in [9.17, 15) is 9.90 Å². The molecule has 0 aliphatic heterocycles. The monoisotopic (exact) mass is 221 g/mol. The van der Waals surface area contributed by atoms with Crippen molar-refractivity contribution in [3.8, 4) is 0 Å². The molecule has 0 aromatic carbocycles. The first-order valence-corrected chi connectivity index (χ1v) is 4.80. The van der Waals surface area contributed by atoms with Crippen molar-refractivity contribution in [2.45, 2.75) is 6.42 Å². The molecule has 1 radical (unpaired) electrons. The van der Waals surface area contributed by atoms with Crippen LogP contribution in [0.3, 0.4) is 0 Å². The van der Waals surface area contributed by atoms with Crippen molar-refractivity contribution < 1.29 is 29.2 Å². The quantitative estimate of drug-likeness (QED) is 0.494. The Labute approximate surface area is 88.7 Å². The molecule has 0 aromatic heterocycles. The Kier molecular flexibility index (Phi) is 10.9. The van der Waals surface area contributed by atoms with Gasteiger partial charge in [0.05, 0.1) is 46.1 Å². The lowest BCUT2D eigenvalue weighted by Gasteiger charge is -2.04. The van der Waals surface area contributed by atoms with Gasteiger partial charge in [-0.05, 0) is 0 Å². The van der Waals surface area contributed by atoms with E-state index >= 15 is 0 Å². The number of carbonyl (C=O) groups is 1. The van der Waals surface area contributed by atoms with E-state index in [-0.39, 0.29) is 26.2 Å². The van der Waals surface area contributed by atoms with Crippen molar-refractivity contribution in [1.29, 1.82) is 0 Å².